The number of ether oxygens (including phenoxy) is 3. The summed E-state index contributed by atoms with van der Waals surface area (Å²) < 4.78 is 16.3. The van der Waals surface area contributed by atoms with Crippen LogP contribution in [0.3, 0.4) is 0 Å². The van der Waals surface area contributed by atoms with Gasteiger partial charge in [-0.15, -0.1) is 0 Å². The lowest BCUT2D eigenvalue weighted by Gasteiger charge is -2.36. The van der Waals surface area contributed by atoms with Gasteiger partial charge in [-0.2, -0.15) is 10.2 Å². The smallest absolute Gasteiger partial charge is 0.162 e. The Bertz CT molecular complexity index is 1280. The fourth-order valence-electron chi connectivity index (χ4n) is 4.40. The molecule has 4 aromatic rings. The van der Waals surface area contributed by atoms with E-state index in [1.165, 1.54) is 16.3 Å². The maximum Gasteiger partial charge on any atom is 0.162 e. The summed E-state index contributed by atoms with van der Waals surface area (Å²) in [5.41, 5.74) is 3.10. The first-order valence-corrected chi connectivity index (χ1v) is 10.6. The number of nitrogens with one attached hydrogen (secondary N) is 1. The van der Waals surface area contributed by atoms with Crippen molar-refractivity contribution in [1.82, 2.24) is 15.5 Å². The predicted molar refractivity (Wildman–Crippen MR) is 126 cm³/mol. The summed E-state index contributed by atoms with van der Waals surface area (Å²) in [6, 6.07) is 16.9. The second-order valence-corrected chi connectivity index (χ2v) is 7.88. The third kappa shape index (κ3) is 3.65. The summed E-state index contributed by atoms with van der Waals surface area (Å²) >= 11 is 0. The molecule has 2 heterocycles. The van der Waals surface area contributed by atoms with E-state index in [0.29, 0.717) is 11.5 Å². The molecule has 1 atom stereocenters. The largest absolute Gasteiger partial charge is 0.497 e. The van der Waals surface area contributed by atoms with E-state index in [2.05, 4.69) is 50.7 Å². The van der Waals surface area contributed by atoms with E-state index in [9.17, 15) is 0 Å². The van der Waals surface area contributed by atoms with Crippen LogP contribution in [0.15, 0.2) is 54.7 Å². The maximum absolute atomic E-state index is 5.52. The first-order valence-electron chi connectivity index (χ1n) is 10.6. The minimum Gasteiger partial charge on any atom is -0.497 e. The van der Waals surface area contributed by atoms with E-state index in [4.69, 9.17) is 14.2 Å². The van der Waals surface area contributed by atoms with Crippen molar-refractivity contribution in [3.63, 3.8) is 0 Å². The Hall–Kier alpha value is -3.58. The molecule has 32 heavy (non-hydrogen) atoms. The molecule has 1 aliphatic rings. The summed E-state index contributed by atoms with van der Waals surface area (Å²) in [5.74, 6) is 2.21. The molecule has 1 fully saturated rings. The van der Waals surface area contributed by atoms with Crippen LogP contribution in [0, 0.1) is 0 Å². The van der Waals surface area contributed by atoms with Crippen LogP contribution in [0.2, 0.25) is 0 Å². The van der Waals surface area contributed by atoms with Crippen LogP contribution in [0.1, 0.15) is 11.6 Å². The molecule has 1 saturated heterocycles. The fourth-order valence-corrected chi connectivity index (χ4v) is 4.40. The first kappa shape index (κ1) is 20.3. The van der Waals surface area contributed by atoms with E-state index in [1.54, 1.807) is 21.3 Å². The van der Waals surface area contributed by atoms with Gasteiger partial charge in [-0.1, -0.05) is 18.2 Å². The van der Waals surface area contributed by atoms with E-state index in [0.717, 1.165) is 42.0 Å². The molecule has 0 bridgehead atoms. The van der Waals surface area contributed by atoms with Crippen LogP contribution in [0.5, 0.6) is 17.2 Å². The molecule has 7 nitrogen and oxygen atoms in total. The molecule has 0 amide bonds. The van der Waals surface area contributed by atoms with Crippen molar-refractivity contribution in [3.8, 4) is 17.2 Å². The Kier molecular flexibility index (Phi) is 5.41. The molecule has 1 N–H and O–H groups in total. The number of hydrogen-bond donors (Lipinski definition) is 1. The predicted octanol–water partition coefficient (Wildman–Crippen LogP) is 3.96. The second-order valence-electron chi connectivity index (χ2n) is 7.88. The Labute approximate surface area is 186 Å². The zero-order chi connectivity index (χ0) is 22.1. The summed E-state index contributed by atoms with van der Waals surface area (Å²) in [6.07, 6.45) is 1.84. The molecular weight excluding hydrogens is 404 g/mol. The molecule has 5 rings (SSSR count). The lowest BCUT2D eigenvalue weighted by Crippen LogP contribution is -2.46. The zero-order valence-electron chi connectivity index (χ0n) is 18.5. The van der Waals surface area contributed by atoms with Gasteiger partial charge in [0.05, 0.1) is 38.7 Å². The van der Waals surface area contributed by atoms with Crippen molar-refractivity contribution in [2.24, 2.45) is 0 Å². The normalized spacial score (nSPS) is 16.3. The lowest BCUT2D eigenvalue weighted by molar-refractivity contribution is 0.355. The van der Waals surface area contributed by atoms with Gasteiger partial charge in [0.1, 0.15) is 5.75 Å². The fraction of sp³-hybridized carbons (Fsp3) is 0.280. The monoisotopic (exact) mass is 430 g/mol. The lowest BCUT2D eigenvalue weighted by atomic mass is 9.99. The summed E-state index contributed by atoms with van der Waals surface area (Å²) in [7, 11) is 4.97. The van der Waals surface area contributed by atoms with E-state index in [1.807, 2.05) is 24.4 Å². The number of nitrogens with zero attached hydrogens (tertiary/aromatic N) is 3. The van der Waals surface area contributed by atoms with Gasteiger partial charge in [0, 0.05) is 37.1 Å². The number of aromatic nitrogens is 2. The van der Waals surface area contributed by atoms with Crippen molar-refractivity contribution in [3.05, 3.63) is 60.3 Å². The van der Waals surface area contributed by atoms with Crippen LogP contribution >= 0.6 is 0 Å². The standard InChI is InChI=1S/C25H26N4O3/c1-30-19-7-6-16-10-18(5-4-17(16)11-19)22-15-29(9-8-26-22)23-14-27-28-21-13-25(32-3)24(31-2)12-20(21)23/h4-7,10-14,22,26H,8-9,15H2,1-3H3. The number of piperazine rings is 1. The van der Waals surface area contributed by atoms with Gasteiger partial charge in [-0.25, -0.2) is 0 Å². The number of fused-ring (bicyclic) bond motifs is 2. The van der Waals surface area contributed by atoms with Crippen LogP contribution in [0.25, 0.3) is 21.7 Å². The van der Waals surface area contributed by atoms with Crippen LogP contribution in [-0.4, -0.2) is 51.2 Å². The topological polar surface area (TPSA) is 68.7 Å². The van der Waals surface area contributed by atoms with Crippen molar-refractivity contribution in [2.45, 2.75) is 6.04 Å². The van der Waals surface area contributed by atoms with Gasteiger partial charge in [0.15, 0.2) is 11.5 Å². The molecule has 0 aliphatic carbocycles. The highest BCUT2D eigenvalue weighted by Gasteiger charge is 2.23. The third-order valence-electron chi connectivity index (χ3n) is 6.11. The molecule has 7 heteroatoms. The van der Waals surface area contributed by atoms with Crippen LogP contribution in [-0.2, 0) is 0 Å². The molecular formula is C25H26N4O3. The van der Waals surface area contributed by atoms with Gasteiger partial charge < -0.3 is 24.4 Å². The molecule has 0 spiro atoms. The van der Waals surface area contributed by atoms with Crippen molar-refractivity contribution in [2.75, 3.05) is 45.9 Å². The Morgan fingerprint density at radius 2 is 1.69 bits per heavy atom. The number of hydrogen-bond acceptors (Lipinski definition) is 7. The Morgan fingerprint density at radius 1 is 0.906 bits per heavy atom. The van der Waals surface area contributed by atoms with Crippen molar-refractivity contribution in [1.29, 1.82) is 0 Å². The van der Waals surface area contributed by atoms with Gasteiger partial charge >= 0.3 is 0 Å². The first-order chi connectivity index (χ1) is 15.7. The molecule has 1 aliphatic heterocycles. The number of benzene rings is 3. The molecule has 164 valence electrons. The highest BCUT2D eigenvalue weighted by molar-refractivity contribution is 5.93. The van der Waals surface area contributed by atoms with Gasteiger partial charge in [-0.05, 0) is 40.6 Å². The van der Waals surface area contributed by atoms with Crippen molar-refractivity contribution < 1.29 is 14.2 Å². The maximum atomic E-state index is 5.52. The summed E-state index contributed by atoms with van der Waals surface area (Å²) in [4.78, 5) is 2.36. The minimum absolute atomic E-state index is 0.207. The van der Waals surface area contributed by atoms with E-state index in [-0.39, 0.29) is 6.04 Å². The molecule has 1 unspecified atom stereocenters. The van der Waals surface area contributed by atoms with Crippen LogP contribution in [0.4, 0.5) is 5.69 Å². The van der Waals surface area contributed by atoms with Crippen LogP contribution < -0.4 is 24.4 Å². The minimum atomic E-state index is 0.207. The molecule has 1 aromatic heterocycles. The van der Waals surface area contributed by atoms with E-state index >= 15 is 0 Å². The number of rotatable bonds is 5. The summed E-state index contributed by atoms with van der Waals surface area (Å²) in [5, 5.41) is 15.6. The van der Waals surface area contributed by atoms with Gasteiger partial charge in [0.25, 0.3) is 0 Å². The quantitative estimate of drug-likeness (QED) is 0.514. The highest BCUT2D eigenvalue weighted by Crippen LogP contribution is 2.36. The zero-order valence-corrected chi connectivity index (χ0v) is 18.5. The second kappa shape index (κ2) is 8.51. The molecule has 0 saturated carbocycles. The van der Waals surface area contributed by atoms with Crippen molar-refractivity contribution >= 4 is 27.4 Å². The summed E-state index contributed by atoms with van der Waals surface area (Å²) in [6.45, 7) is 2.59. The SMILES string of the molecule is COc1ccc2cc(C3CN(c4cnnc5cc(OC)c(OC)cc45)CCN3)ccc2c1. The Balaban J connectivity index is 1.47. The Morgan fingerprint density at radius 3 is 2.50 bits per heavy atom. The average molecular weight is 431 g/mol. The average Bonchev–Trinajstić information content (AvgIpc) is 2.86. The molecule has 0 radical (unpaired) electrons. The van der Waals surface area contributed by atoms with Gasteiger partial charge in [0.2, 0.25) is 0 Å². The number of anilines is 1. The highest BCUT2D eigenvalue weighted by atomic mass is 16.5. The number of methoxy groups -OCH3 is 3. The third-order valence-corrected chi connectivity index (χ3v) is 6.11. The molecule has 3 aromatic carbocycles. The van der Waals surface area contributed by atoms with Gasteiger partial charge in [-0.3, -0.25) is 0 Å². The van der Waals surface area contributed by atoms with E-state index < -0.39 is 0 Å².